The van der Waals surface area contributed by atoms with E-state index in [-0.39, 0.29) is 28.6 Å². The topological polar surface area (TPSA) is 82.9 Å². The molecule has 41 heavy (non-hydrogen) atoms. The van der Waals surface area contributed by atoms with E-state index in [0.29, 0.717) is 28.4 Å². The molecule has 1 fully saturated rings. The SMILES string of the molecule is Cc1nn(C)c2cc(C3=C(F)N=C(C4C5CC5c5cc(-c6cc(Cl)ccc6-n6cc(Cl)nn6)cc(=O)n54)C3)ccc12. The van der Waals surface area contributed by atoms with Gasteiger partial charge in [0.2, 0.25) is 5.95 Å². The molecule has 1 saturated carbocycles. The summed E-state index contributed by atoms with van der Waals surface area (Å²) in [5.41, 5.74) is 6.87. The second kappa shape index (κ2) is 8.71. The van der Waals surface area contributed by atoms with Gasteiger partial charge >= 0.3 is 0 Å². The van der Waals surface area contributed by atoms with Crippen LogP contribution in [0.4, 0.5) is 4.39 Å². The van der Waals surface area contributed by atoms with E-state index in [4.69, 9.17) is 23.2 Å². The summed E-state index contributed by atoms with van der Waals surface area (Å²) < 4.78 is 20.6. The number of aryl methyl sites for hydroxylation is 2. The number of aromatic nitrogens is 6. The molecule has 0 spiro atoms. The lowest BCUT2D eigenvalue weighted by Crippen LogP contribution is -2.29. The fourth-order valence-electron chi connectivity index (χ4n) is 6.64. The van der Waals surface area contributed by atoms with Crippen LogP contribution in [0.1, 0.15) is 41.8 Å². The molecule has 3 aliphatic rings. The van der Waals surface area contributed by atoms with Crippen molar-refractivity contribution in [3.05, 3.63) is 98.2 Å². The first kappa shape index (κ1) is 24.7. The summed E-state index contributed by atoms with van der Waals surface area (Å²) in [6.07, 6.45) is 2.90. The summed E-state index contributed by atoms with van der Waals surface area (Å²) in [6, 6.07) is 14.6. The summed E-state index contributed by atoms with van der Waals surface area (Å²) in [6.45, 7) is 1.96. The Bertz CT molecular complexity index is 2070. The van der Waals surface area contributed by atoms with Crippen LogP contribution in [-0.2, 0) is 7.05 Å². The zero-order valence-corrected chi connectivity index (χ0v) is 23.5. The largest absolute Gasteiger partial charge is 0.303 e. The van der Waals surface area contributed by atoms with Gasteiger partial charge < -0.3 is 4.57 Å². The van der Waals surface area contributed by atoms with Crippen molar-refractivity contribution in [2.45, 2.75) is 31.7 Å². The summed E-state index contributed by atoms with van der Waals surface area (Å²) in [4.78, 5) is 18.1. The number of rotatable bonds is 4. The molecule has 3 aromatic heterocycles. The van der Waals surface area contributed by atoms with Crippen molar-refractivity contribution in [1.29, 1.82) is 0 Å². The number of hydrogen-bond acceptors (Lipinski definition) is 5. The molecule has 1 aliphatic carbocycles. The normalized spacial score (nSPS) is 21.0. The highest BCUT2D eigenvalue weighted by atomic mass is 35.5. The zero-order chi connectivity index (χ0) is 28.2. The van der Waals surface area contributed by atoms with Crippen LogP contribution in [0.25, 0.3) is 33.3 Å². The van der Waals surface area contributed by atoms with Gasteiger partial charge in [0, 0.05) is 58.4 Å². The van der Waals surface area contributed by atoms with Gasteiger partial charge in [-0.15, -0.1) is 5.10 Å². The van der Waals surface area contributed by atoms with Gasteiger partial charge in [-0.1, -0.05) is 40.5 Å². The summed E-state index contributed by atoms with van der Waals surface area (Å²) in [5, 5.41) is 14.3. The minimum Gasteiger partial charge on any atom is -0.303 e. The fourth-order valence-corrected chi connectivity index (χ4v) is 6.93. The van der Waals surface area contributed by atoms with E-state index in [1.807, 2.05) is 59.6 Å². The third kappa shape index (κ3) is 3.75. The molecule has 204 valence electrons. The number of fused-ring (bicyclic) bond motifs is 4. The van der Waals surface area contributed by atoms with Crippen LogP contribution < -0.4 is 5.56 Å². The summed E-state index contributed by atoms with van der Waals surface area (Å²) in [5.74, 6) is -0.0395. The third-order valence-electron chi connectivity index (χ3n) is 8.56. The van der Waals surface area contributed by atoms with E-state index in [1.54, 1.807) is 23.0 Å². The van der Waals surface area contributed by atoms with E-state index in [9.17, 15) is 4.79 Å². The van der Waals surface area contributed by atoms with Gasteiger partial charge in [-0.3, -0.25) is 9.48 Å². The molecule has 2 aromatic carbocycles. The number of nitrogens with zero attached hydrogens (tertiary/aromatic N) is 7. The van der Waals surface area contributed by atoms with Crippen LogP contribution in [0.2, 0.25) is 10.2 Å². The Morgan fingerprint density at radius 3 is 2.71 bits per heavy atom. The van der Waals surface area contributed by atoms with Crippen molar-refractivity contribution in [2.24, 2.45) is 18.0 Å². The highest BCUT2D eigenvalue weighted by Gasteiger charge is 2.55. The van der Waals surface area contributed by atoms with Gasteiger partial charge in [-0.2, -0.15) is 9.49 Å². The maximum Gasteiger partial charge on any atom is 0.251 e. The molecule has 5 heterocycles. The highest BCUT2D eigenvalue weighted by molar-refractivity contribution is 6.31. The number of benzene rings is 2. The second-order valence-electron chi connectivity index (χ2n) is 11.0. The number of halogens is 3. The van der Waals surface area contributed by atoms with E-state index in [1.165, 1.54) is 0 Å². The lowest BCUT2D eigenvalue weighted by molar-refractivity contribution is 0.579. The minimum atomic E-state index is -0.483. The van der Waals surface area contributed by atoms with Crippen LogP contribution in [0.15, 0.2) is 70.5 Å². The van der Waals surface area contributed by atoms with Gasteiger partial charge in [0.05, 0.1) is 29.1 Å². The van der Waals surface area contributed by atoms with Crippen molar-refractivity contribution in [3.8, 4) is 16.8 Å². The Morgan fingerprint density at radius 2 is 1.90 bits per heavy atom. The molecule has 0 radical (unpaired) electrons. The van der Waals surface area contributed by atoms with E-state index in [2.05, 4.69) is 20.4 Å². The quantitative estimate of drug-likeness (QED) is 0.227. The first-order valence-corrected chi connectivity index (χ1v) is 14.1. The lowest BCUT2D eigenvalue weighted by atomic mass is 9.97. The lowest BCUT2D eigenvalue weighted by Gasteiger charge is -2.20. The van der Waals surface area contributed by atoms with Crippen molar-refractivity contribution in [2.75, 3.05) is 0 Å². The number of hydrogen-bond donors (Lipinski definition) is 0. The zero-order valence-electron chi connectivity index (χ0n) is 22.0. The molecule has 0 bridgehead atoms. The molecule has 2 aliphatic heterocycles. The Morgan fingerprint density at radius 1 is 1.05 bits per heavy atom. The molecule has 11 heteroatoms. The van der Waals surface area contributed by atoms with Crippen molar-refractivity contribution >= 4 is 45.4 Å². The van der Waals surface area contributed by atoms with Crippen LogP contribution in [0.5, 0.6) is 0 Å². The molecule has 0 amide bonds. The molecule has 8 nitrogen and oxygen atoms in total. The molecule has 3 atom stereocenters. The van der Waals surface area contributed by atoms with Crippen LogP contribution in [-0.4, -0.2) is 35.1 Å². The Balaban J connectivity index is 1.15. The smallest absolute Gasteiger partial charge is 0.251 e. The molecule has 8 rings (SSSR count). The van der Waals surface area contributed by atoms with Crippen molar-refractivity contribution in [3.63, 3.8) is 0 Å². The van der Waals surface area contributed by atoms with Gasteiger partial charge in [0.1, 0.15) is 0 Å². The average Bonchev–Trinajstić information content (AvgIpc) is 3.17. The monoisotopic (exact) mass is 585 g/mol. The number of allylic oxidation sites excluding steroid dienone is 1. The second-order valence-corrected chi connectivity index (χ2v) is 11.8. The first-order valence-electron chi connectivity index (χ1n) is 13.3. The Labute approximate surface area is 243 Å². The standard InChI is InChI=1S/C30H22Cl2FN7O/c1-14-18-5-3-15(7-25(18)38(2)36-14)20-12-23(34-30(20)33)29-22-11-21(22)26-8-16(9-28(41)40(26)29)19-10-17(31)4-6-24(19)39-13-27(32)35-37-39/h3-10,13,21-22,29H,11-12H2,1-2H3. The van der Waals surface area contributed by atoms with Crippen LogP contribution >= 0.6 is 23.2 Å². The first-order chi connectivity index (χ1) is 19.8. The highest BCUT2D eigenvalue weighted by Crippen LogP contribution is 2.60. The molecule has 5 aromatic rings. The van der Waals surface area contributed by atoms with Crippen molar-refractivity contribution in [1.82, 2.24) is 29.3 Å². The number of pyridine rings is 1. The molecular formula is C30H22Cl2FN7O. The maximum absolute atomic E-state index is 15.4. The van der Waals surface area contributed by atoms with E-state index >= 15 is 4.39 Å². The fraction of sp³-hybridized carbons (Fsp3) is 0.233. The molecular weight excluding hydrogens is 564 g/mol. The van der Waals surface area contributed by atoms with E-state index < -0.39 is 5.95 Å². The van der Waals surface area contributed by atoms with Gasteiger partial charge in [0.25, 0.3) is 5.56 Å². The summed E-state index contributed by atoms with van der Waals surface area (Å²) >= 11 is 12.4. The Hall–Kier alpha value is -4.08. The van der Waals surface area contributed by atoms with Gasteiger partial charge in [0.15, 0.2) is 5.15 Å². The van der Waals surface area contributed by atoms with Crippen LogP contribution in [0.3, 0.4) is 0 Å². The summed E-state index contributed by atoms with van der Waals surface area (Å²) in [7, 11) is 1.89. The molecule has 0 N–H and O–H groups in total. The predicted octanol–water partition coefficient (Wildman–Crippen LogP) is 6.44. The van der Waals surface area contributed by atoms with Crippen LogP contribution in [0, 0.1) is 12.8 Å². The Kier molecular flexibility index (Phi) is 5.25. The minimum absolute atomic E-state index is 0.152. The average molecular weight is 586 g/mol. The van der Waals surface area contributed by atoms with E-state index in [0.717, 1.165) is 45.4 Å². The third-order valence-corrected chi connectivity index (χ3v) is 8.97. The molecule has 0 saturated heterocycles. The van der Waals surface area contributed by atoms with Gasteiger partial charge in [-0.05, 0) is 60.7 Å². The maximum atomic E-state index is 15.4. The van der Waals surface area contributed by atoms with Gasteiger partial charge in [-0.25, -0.2) is 9.67 Å². The number of aliphatic imine (C=N–C) groups is 1. The van der Waals surface area contributed by atoms with Crippen molar-refractivity contribution < 1.29 is 4.39 Å². The predicted molar refractivity (Wildman–Crippen MR) is 156 cm³/mol. The molecule has 3 unspecified atom stereocenters.